The molecule has 0 saturated carbocycles. The summed E-state index contributed by atoms with van der Waals surface area (Å²) in [4.78, 5) is 53.7. The van der Waals surface area contributed by atoms with E-state index in [1.54, 1.807) is 41.8 Å². The van der Waals surface area contributed by atoms with Crippen molar-refractivity contribution in [1.82, 2.24) is 19.9 Å². The Morgan fingerprint density at radius 3 is 1.84 bits per heavy atom. The van der Waals surface area contributed by atoms with Gasteiger partial charge < -0.3 is 34.8 Å². The van der Waals surface area contributed by atoms with E-state index < -0.39 is 0 Å². The van der Waals surface area contributed by atoms with Gasteiger partial charge in [0, 0.05) is 58.3 Å². The van der Waals surface area contributed by atoms with Gasteiger partial charge in [-0.25, -0.2) is 19.6 Å². The number of pyridine rings is 4. The summed E-state index contributed by atoms with van der Waals surface area (Å²) in [5.74, 6) is 3.08. The molecule has 300 valence electrons. The van der Waals surface area contributed by atoms with E-state index in [4.69, 9.17) is 26.1 Å². The number of halogens is 1. The fourth-order valence-electron chi connectivity index (χ4n) is 8.28. The molecule has 4 atom stereocenters. The predicted molar refractivity (Wildman–Crippen MR) is 223 cm³/mol. The topological polar surface area (TPSA) is 144 Å². The second kappa shape index (κ2) is 17.5. The molecule has 0 spiro atoms. The van der Waals surface area contributed by atoms with Crippen LogP contribution < -0.4 is 35.1 Å². The summed E-state index contributed by atoms with van der Waals surface area (Å²) in [5, 5.41) is 6.24. The molecule has 0 unspecified atom stereocenters. The van der Waals surface area contributed by atoms with Crippen molar-refractivity contribution in [2.75, 3.05) is 94.3 Å². The number of carbonyl (C=O) groups excluding carboxylic acids is 2. The fraction of sp³-hybridized carbons (Fsp3) is 0.463. The lowest BCUT2D eigenvalue weighted by molar-refractivity contribution is 0.0616. The van der Waals surface area contributed by atoms with Crippen molar-refractivity contribution in [1.29, 1.82) is 0 Å². The number of anilines is 7. The molecule has 2 N–H and O–H groups in total. The number of aromatic nitrogens is 4. The predicted octanol–water partition coefficient (Wildman–Crippen LogP) is 6.53. The minimum Gasteiger partial charge on any atom is -0.381 e. The molecule has 0 aromatic carbocycles. The highest BCUT2D eigenvalue weighted by atomic mass is 35.5. The number of urea groups is 2. The number of ether oxygens (including phenoxy) is 2. The molecule has 10 rings (SSSR count). The first-order valence-electron chi connectivity index (χ1n) is 19.9. The highest BCUT2D eigenvalue weighted by Gasteiger charge is 2.42. The molecular formula is C41H50ClN11O4. The zero-order chi connectivity index (χ0) is 39.3. The Hall–Kier alpha value is -5.25. The number of morpholine rings is 1. The van der Waals surface area contributed by atoms with E-state index in [0.29, 0.717) is 35.6 Å². The number of hydrogen-bond donors (Lipinski definition) is 2. The third-order valence-corrected chi connectivity index (χ3v) is 11.4. The molecule has 6 aliphatic rings. The van der Waals surface area contributed by atoms with Gasteiger partial charge in [-0.2, -0.15) is 0 Å². The molecule has 4 fully saturated rings. The van der Waals surface area contributed by atoms with Crippen molar-refractivity contribution in [3.63, 3.8) is 0 Å². The van der Waals surface area contributed by atoms with Crippen molar-refractivity contribution in [2.24, 2.45) is 5.92 Å². The van der Waals surface area contributed by atoms with Gasteiger partial charge in [0.15, 0.2) is 11.6 Å². The number of rotatable bonds is 3. The average molecular weight is 796 g/mol. The van der Waals surface area contributed by atoms with Gasteiger partial charge in [0.05, 0.1) is 66.5 Å². The summed E-state index contributed by atoms with van der Waals surface area (Å²) in [5.41, 5.74) is 3.34. The molecule has 0 aliphatic carbocycles. The van der Waals surface area contributed by atoms with Crippen LogP contribution in [-0.4, -0.2) is 109 Å². The number of nitrogens with one attached hydrogen (secondary N) is 2. The second-order valence-electron chi connectivity index (χ2n) is 15.3. The number of nitrogens with zero attached hydrogens (tertiary/aromatic N) is 9. The van der Waals surface area contributed by atoms with E-state index >= 15 is 0 Å². The lowest BCUT2D eigenvalue weighted by Gasteiger charge is -2.38. The van der Waals surface area contributed by atoms with E-state index in [9.17, 15) is 9.59 Å². The number of fused-ring (bicyclic) bond motifs is 8. The van der Waals surface area contributed by atoms with E-state index in [0.717, 1.165) is 87.7 Å². The van der Waals surface area contributed by atoms with E-state index in [-0.39, 0.29) is 30.2 Å². The van der Waals surface area contributed by atoms with Crippen LogP contribution in [0.1, 0.15) is 39.5 Å². The first-order chi connectivity index (χ1) is 27.8. The molecule has 6 aliphatic heterocycles. The largest absolute Gasteiger partial charge is 0.381 e. The zero-order valence-electron chi connectivity index (χ0n) is 32.5. The highest BCUT2D eigenvalue weighted by molar-refractivity contribution is 6.29. The summed E-state index contributed by atoms with van der Waals surface area (Å²) in [6, 6.07) is 15.3. The smallest absolute Gasteiger partial charge is 0.327 e. The monoisotopic (exact) mass is 795 g/mol. The van der Waals surface area contributed by atoms with Gasteiger partial charge in [0.2, 0.25) is 0 Å². The quantitative estimate of drug-likeness (QED) is 0.219. The zero-order valence-corrected chi connectivity index (χ0v) is 33.2. The molecule has 16 heteroatoms. The van der Waals surface area contributed by atoms with Crippen molar-refractivity contribution in [3.05, 3.63) is 78.5 Å². The van der Waals surface area contributed by atoms with Crippen LogP contribution in [0.4, 0.5) is 49.8 Å². The minimum absolute atomic E-state index is 0.120. The van der Waals surface area contributed by atoms with E-state index in [1.807, 2.05) is 29.2 Å². The summed E-state index contributed by atoms with van der Waals surface area (Å²) >= 11 is 6.02. The maximum atomic E-state index is 13.2. The Morgan fingerprint density at radius 1 is 0.719 bits per heavy atom. The maximum Gasteiger partial charge on any atom is 0.327 e. The van der Waals surface area contributed by atoms with Gasteiger partial charge in [-0.3, -0.25) is 19.8 Å². The molecule has 0 radical (unpaired) electrons. The van der Waals surface area contributed by atoms with Crippen LogP contribution in [0.25, 0.3) is 0 Å². The van der Waals surface area contributed by atoms with Gasteiger partial charge in [0.25, 0.3) is 0 Å². The number of amides is 4. The minimum atomic E-state index is -0.199. The SMILES string of the molecule is C[C@@H]1CCCOC1.C[C@H]1COCCN1c1ccc2c(n1)N(C(=O)Nc1cccnc1)[C@H]1CCN2C1.O=C(Nc1cccnc1)N1c2nc(Cl)ccc2N2CC[C@H]1C2. The molecule has 4 aromatic heterocycles. The molecule has 57 heavy (non-hydrogen) atoms. The first kappa shape index (κ1) is 38.6. The van der Waals surface area contributed by atoms with E-state index in [2.05, 4.69) is 66.3 Å². The molecule has 4 bridgehead atoms. The lowest BCUT2D eigenvalue weighted by Crippen LogP contribution is -2.49. The lowest BCUT2D eigenvalue weighted by atomic mass is 10.1. The molecule has 4 amide bonds. The summed E-state index contributed by atoms with van der Waals surface area (Å²) in [6.07, 6.45) is 11.1. The average Bonchev–Trinajstić information content (AvgIpc) is 3.85. The van der Waals surface area contributed by atoms with Gasteiger partial charge in [0.1, 0.15) is 11.0 Å². The van der Waals surface area contributed by atoms with Crippen LogP contribution in [0.5, 0.6) is 0 Å². The van der Waals surface area contributed by atoms with Crippen LogP contribution >= 0.6 is 11.6 Å². The van der Waals surface area contributed by atoms with Crippen molar-refractivity contribution < 1.29 is 19.1 Å². The summed E-state index contributed by atoms with van der Waals surface area (Å²) < 4.78 is 10.7. The Bertz CT molecular complexity index is 2010. The Kier molecular flexibility index (Phi) is 11.8. The second-order valence-corrected chi connectivity index (χ2v) is 15.7. The van der Waals surface area contributed by atoms with Gasteiger partial charge in [-0.1, -0.05) is 18.5 Å². The Labute approximate surface area is 338 Å². The van der Waals surface area contributed by atoms with Crippen LogP contribution in [0.15, 0.2) is 73.3 Å². The normalized spacial score (nSPS) is 23.0. The molecule has 4 saturated heterocycles. The Morgan fingerprint density at radius 2 is 1.32 bits per heavy atom. The van der Waals surface area contributed by atoms with Gasteiger partial charge in [-0.05, 0) is 87.1 Å². The standard InChI is InChI=1S/C20H24N6O2.C15H14ClN5O.C6H12O/c1-14-13-28-10-9-25(14)18-5-4-17-19(23-18)26(16-6-8-24(17)12-16)20(27)22-15-3-2-7-21-11-15;16-13-4-3-12-14(19-13)21(11-5-7-20(12)9-11)15(22)18-10-2-1-6-17-8-10;1-6-3-2-4-7-5-6/h2-5,7,11,14,16H,6,8-10,12-13H2,1H3,(H,22,27);1-4,6,8,11H,5,7,9H2,(H,18,22);6H,2-5H2,1H3/t14-,16-;11-;6-/m001/s1. The molecule has 10 heterocycles. The first-order valence-corrected chi connectivity index (χ1v) is 20.3. The van der Waals surface area contributed by atoms with Crippen LogP contribution in [0, 0.1) is 5.92 Å². The highest BCUT2D eigenvalue weighted by Crippen LogP contribution is 2.41. The van der Waals surface area contributed by atoms with Gasteiger partial charge >= 0.3 is 12.1 Å². The number of hydrogen-bond acceptors (Lipinski definition) is 11. The van der Waals surface area contributed by atoms with Crippen LogP contribution in [0.3, 0.4) is 0 Å². The van der Waals surface area contributed by atoms with Crippen LogP contribution in [-0.2, 0) is 9.47 Å². The Balaban J connectivity index is 0.000000139. The number of carbonyl (C=O) groups is 2. The van der Waals surface area contributed by atoms with Crippen molar-refractivity contribution in [2.45, 2.75) is 57.7 Å². The van der Waals surface area contributed by atoms with Crippen LogP contribution in [0.2, 0.25) is 5.15 Å². The van der Waals surface area contributed by atoms with Crippen molar-refractivity contribution >= 4 is 63.9 Å². The third kappa shape index (κ3) is 8.70. The fourth-order valence-corrected chi connectivity index (χ4v) is 8.42. The molecule has 15 nitrogen and oxygen atoms in total. The summed E-state index contributed by atoms with van der Waals surface area (Å²) in [6.45, 7) is 12.1. The third-order valence-electron chi connectivity index (χ3n) is 11.2. The molecule has 4 aromatic rings. The van der Waals surface area contributed by atoms with Crippen molar-refractivity contribution in [3.8, 4) is 0 Å². The summed E-state index contributed by atoms with van der Waals surface area (Å²) in [7, 11) is 0. The molecular weight excluding hydrogens is 746 g/mol. The van der Waals surface area contributed by atoms with Gasteiger partial charge in [-0.15, -0.1) is 0 Å². The maximum absolute atomic E-state index is 13.2. The van der Waals surface area contributed by atoms with E-state index in [1.165, 1.54) is 12.8 Å².